The van der Waals surface area contributed by atoms with Crippen LogP contribution in [0.4, 0.5) is 4.39 Å². The monoisotopic (exact) mass is 334 g/mol. The molecule has 0 heterocycles. The number of nitrogens with two attached hydrogens (primary N) is 1. The Labute approximate surface area is 127 Å². The average molecular weight is 335 g/mol. The van der Waals surface area contributed by atoms with Gasteiger partial charge in [0, 0.05) is 13.6 Å². The van der Waals surface area contributed by atoms with E-state index in [9.17, 15) is 17.6 Å². The maximum atomic E-state index is 13.6. The molecule has 0 spiro atoms. The predicted octanol–water partition coefficient (Wildman–Crippen LogP) is 1.85. The molecule has 0 aliphatic heterocycles. The fourth-order valence-corrected chi connectivity index (χ4v) is 3.05. The number of carbonyl (C=O) groups is 1. The van der Waals surface area contributed by atoms with Crippen molar-refractivity contribution in [3.63, 3.8) is 0 Å². The second-order valence-corrected chi connectivity index (χ2v) is 7.40. The van der Waals surface area contributed by atoms with Gasteiger partial charge in [-0.3, -0.25) is 4.79 Å². The van der Waals surface area contributed by atoms with Gasteiger partial charge in [-0.05, 0) is 30.4 Å². The lowest BCUT2D eigenvalue weighted by atomic mass is 10.2. The number of primary sulfonamides is 1. The van der Waals surface area contributed by atoms with Crippen LogP contribution in [0.5, 0.6) is 0 Å². The molecular weight excluding hydrogens is 319 g/mol. The minimum Gasteiger partial charge on any atom is -0.341 e. The first kappa shape index (κ1) is 16.2. The summed E-state index contributed by atoms with van der Waals surface area (Å²) in [6.45, 7) is 2.64. The molecular formula is C13H16ClFN2O3S. The molecule has 2 rings (SSSR count). The van der Waals surface area contributed by atoms with E-state index in [1.54, 1.807) is 7.05 Å². The Morgan fingerprint density at radius 2 is 2.10 bits per heavy atom. The molecule has 0 radical (unpaired) electrons. The van der Waals surface area contributed by atoms with E-state index in [0.717, 1.165) is 18.6 Å². The van der Waals surface area contributed by atoms with Gasteiger partial charge in [0.15, 0.2) is 0 Å². The molecule has 8 heteroatoms. The number of benzene rings is 1. The molecule has 5 nitrogen and oxygen atoms in total. The normalized spacial score (nSPS) is 21.2. The van der Waals surface area contributed by atoms with Crippen LogP contribution in [0.2, 0.25) is 5.02 Å². The third-order valence-electron chi connectivity index (χ3n) is 3.69. The van der Waals surface area contributed by atoms with Gasteiger partial charge in [0.25, 0.3) is 5.91 Å². The predicted molar refractivity (Wildman–Crippen MR) is 77.0 cm³/mol. The van der Waals surface area contributed by atoms with Crippen molar-refractivity contribution >= 4 is 27.5 Å². The van der Waals surface area contributed by atoms with E-state index in [-0.39, 0.29) is 10.6 Å². The summed E-state index contributed by atoms with van der Waals surface area (Å²) >= 11 is 5.85. The van der Waals surface area contributed by atoms with Crippen LogP contribution in [0.25, 0.3) is 0 Å². The molecule has 0 bridgehead atoms. The molecule has 1 aliphatic carbocycles. The third-order valence-corrected chi connectivity index (χ3v) is 4.93. The number of amides is 1. The fraction of sp³-hybridized carbons (Fsp3) is 0.462. The van der Waals surface area contributed by atoms with Crippen LogP contribution in [-0.2, 0) is 10.0 Å². The van der Waals surface area contributed by atoms with Gasteiger partial charge in [-0.15, -0.1) is 0 Å². The highest BCUT2D eigenvalue weighted by atomic mass is 35.5. The molecule has 2 unspecified atom stereocenters. The van der Waals surface area contributed by atoms with E-state index in [1.165, 1.54) is 4.90 Å². The van der Waals surface area contributed by atoms with Crippen LogP contribution < -0.4 is 5.14 Å². The minimum atomic E-state index is -4.26. The molecule has 1 fully saturated rings. The zero-order valence-electron chi connectivity index (χ0n) is 11.6. The number of hydrogen-bond acceptors (Lipinski definition) is 3. The zero-order chi connectivity index (χ0) is 15.9. The Bertz CT molecular complexity index is 693. The maximum absolute atomic E-state index is 13.6. The van der Waals surface area contributed by atoms with Gasteiger partial charge in [0.2, 0.25) is 10.0 Å². The molecule has 1 amide bonds. The van der Waals surface area contributed by atoms with E-state index in [1.807, 2.05) is 0 Å². The summed E-state index contributed by atoms with van der Waals surface area (Å²) in [7, 11) is -2.65. The molecule has 1 saturated carbocycles. The lowest BCUT2D eigenvalue weighted by molar-refractivity contribution is 0.0787. The van der Waals surface area contributed by atoms with Crippen LogP contribution in [0.15, 0.2) is 17.0 Å². The topological polar surface area (TPSA) is 80.5 Å². The van der Waals surface area contributed by atoms with Crippen molar-refractivity contribution in [3.8, 4) is 0 Å². The summed E-state index contributed by atoms with van der Waals surface area (Å²) in [5, 5.41) is 4.79. The first-order valence-electron chi connectivity index (χ1n) is 6.38. The highest BCUT2D eigenvalue weighted by Crippen LogP contribution is 2.38. The lowest BCUT2D eigenvalue weighted by Gasteiger charge is -2.18. The molecule has 1 aromatic carbocycles. The van der Waals surface area contributed by atoms with Crippen molar-refractivity contribution in [1.29, 1.82) is 0 Å². The SMILES string of the molecule is CC1CC1CN(C)C(=O)c1cc(S(N)(=O)=O)c(F)cc1Cl. The third kappa shape index (κ3) is 3.53. The quantitative estimate of drug-likeness (QED) is 0.912. The number of rotatable bonds is 4. The van der Waals surface area contributed by atoms with Gasteiger partial charge in [0.05, 0.1) is 10.6 Å². The average Bonchev–Trinajstić information content (AvgIpc) is 3.02. The van der Waals surface area contributed by atoms with Crippen LogP contribution in [0.1, 0.15) is 23.7 Å². The fourth-order valence-electron chi connectivity index (χ4n) is 2.20. The van der Waals surface area contributed by atoms with Crippen molar-refractivity contribution < 1.29 is 17.6 Å². The van der Waals surface area contributed by atoms with Crippen molar-refractivity contribution in [2.24, 2.45) is 17.0 Å². The first-order valence-corrected chi connectivity index (χ1v) is 8.31. The van der Waals surface area contributed by atoms with E-state index >= 15 is 0 Å². The molecule has 21 heavy (non-hydrogen) atoms. The van der Waals surface area contributed by atoms with E-state index in [0.29, 0.717) is 18.4 Å². The van der Waals surface area contributed by atoms with Crippen LogP contribution >= 0.6 is 11.6 Å². The number of carbonyl (C=O) groups excluding carboxylic acids is 1. The summed E-state index contributed by atoms with van der Waals surface area (Å²) in [5.74, 6) is -0.513. The Morgan fingerprint density at radius 3 is 2.57 bits per heavy atom. The lowest BCUT2D eigenvalue weighted by Crippen LogP contribution is -2.29. The molecule has 2 N–H and O–H groups in total. The van der Waals surface area contributed by atoms with Crippen molar-refractivity contribution in [3.05, 3.63) is 28.5 Å². The van der Waals surface area contributed by atoms with Crippen molar-refractivity contribution in [2.75, 3.05) is 13.6 Å². The zero-order valence-corrected chi connectivity index (χ0v) is 13.2. The maximum Gasteiger partial charge on any atom is 0.255 e. The van der Waals surface area contributed by atoms with Gasteiger partial charge in [-0.25, -0.2) is 17.9 Å². The molecule has 0 aromatic heterocycles. The van der Waals surface area contributed by atoms with Gasteiger partial charge >= 0.3 is 0 Å². The summed E-state index contributed by atoms with van der Waals surface area (Å²) in [6, 6.07) is 1.68. The van der Waals surface area contributed by atoms with E-state index in [4.69, 9.17) is 16.7 Å². The molecule has 2 atom stereocenters. The summed E-state index contributed by atoms with van der Waals surface area (Å²) < 4.78 is 36.2. The number of sulfonamides is 1. The Kier molecular flexibility index (Phi) is 4.28. The smallest absolute Gasteiger partial charge is 0.255 e. The summed E-state index contributed by atoms with van der Waals surface area (Å²) in [6.07, 6.45) is 1.05. The Balaban J connectivity index is 2.32. The Hall–Kier alpha value is -1.18. The largest absolute Gasteiger partial charge is 0.341 e. The van der Waals surface area contributed by atoms with E-state index < -0.39 is 26.6 Å². The van der Waals surface area contributed by atoms with Gasteiger partial charge in [-0.2, -0.15) is 0 Å². The summed E-state index contributed by atoms with van der Waals surface area (Å²) in [5.41, 5.74) is -0.0714. The van der Waals surface area contributed by atoms with Gasteiger partial charge < -0.3 is 4.90 Å². The van der Waals surface area contributed by atoms with Crippen LogP contribution in [0.3, 0.4) is 0 Å². The van der Waals surface area contributed by atoms with Gasteiger partial charge in [-0.1, -0.05) is 18.5 Å². The minimum absolute atomic E-state index is 0.0714. The Morgan fingerprint density at radius 1 is 1.52 bits per heavy atom. The van der Waals surface area contributed by atoms with Crippen LogP contribution in [-0.4, -0.2) is 32.8 Å². The number of nitrogens with zero attached hydrogens (tertiary/aromatic N) is 1. The first-order chi connectivity index (χ1) is 9.61. The standard InChI is InChI=1S/C13H16ClFN2O3S/c1-7-3-8(7)6-17(2)13(18)9-4-12(21(16,19)20)11(15)5-10(9)14/h4-5,7-8H,3,6H2,1-2H3,(H2,16,19,20). The second kappa shape index (κ2) is 5.55. The number of hydrogen-bond donors (Lipinski definition) is 1. The highest BCUT2D eigenvalue weighted by Gasteiger charge is 2.34. The molecule has 1 aromatic rings. The van der Waals surface area contributed by atoms with Gasteiger partial charge in [0.1, 0.15) is 10.7 Å². The van der Waals surface area contributed by atoms with E-state index in [2.05, 4.69) is 6.92 Å². The second-order valence-electron chi connectivity index (χ2n) is 5.47. The molecule has 1 aliphatic rings. The summed E-state index contributed by atoms with van der Waals surface area (Å²) in [4.78, 5) is 13.0. The van der Waals surface area contributed by atoms with Crippen molar-refractivity contribution in [2.45, 2.75) is 18.2 Å². The number of halogens is 2. The van der Waals surface area contributed by atoms with Crippen molar-refractivity contribution in [1.82, 2.24) is 4.90 Å². The molecule has 116 valence electrons. The molecule has 0 saturated heterocycles. The van der Waals surface area contributed by atoms with Crippen LogP contribution in [0, 0.1) is 17.7 Å². The highest BCUT2D eigenvalue weighted by molar-refractivity contribution is 7.89.